The van der Waals surface area contributed by atoms with Crippen molar-refractivity contribution < 1.29 is 24.2 Å². The van der Waals surface area contributed by atoms with Gasteiger partial charge in [-0.3, -0.25) is 9.69 Å². The Morgan fingerprint density at radius 3 is 2.56 bits per heavy atom. The monoisotopic (exact) mass is 488 g/mol. The molecule has 1 aromatic carbocycles. The van der Waals surface area contributed by atoms with E-state index < -0.39 is 30.1 Å². The van der Waals surface area contributed by atoms with Crippen molar-refractivity contribution in [2.45, 2.75) is 32.9 Å². The summed E-state index contributed by atoms with van der Waals surface area (Å²) >= 11 is 0. The van der Waals surface area contributed by atoms with E-state index in [1.54, 1.807) is 51.1 Å². The van der Waals surface area contributed by atoms with Crippen LogP contribution in [-0.4, -0.2) is 55.1 Å². The van der Waals surface area contributed by atoms with E-state index >= 15 is 0 Å². The lowest BCUT2D eigenvalue weighted by atomic mass is 10.1. The summed E-state index contributed by atoms with van der Waals surface area (Å²) in [6, 6.07) is 9.76. The minimum atomic E-state index is -1.34. The molecule has 3 rings (SSSR count). The fraction of sp³-hybridized carbons (Fsp3) is 0.240. The first kappa shape index (κ1) is 25.8. The highest BCUT2D eigenvalue weighted by Gasteiger charge is 2.25. The molecule has 11 nitrogen and oxygen atoms in total. The molecule has 0 unspecified atom stereocenters. The summed E-state index contributed by atoms with van der Waals surface area (Å²) < 4.78 is 5.42. The van der Waals surface area contributed by atoms with Crippen LogP contribution in [0.1, 0.15) is 37.0 Å². The second-order valence-electron chi connectivity index (χ2n) is 8.67. The topological polar surface area (TPSA) is 139 Å². The highest BCUT2D eigenvalue weighted by atomic mass is 16.6. The second kappa shape index (κ2) is 11.1. The van der Waals surface area contributed by atoms with Crippen molar-refractivity contribution in [3.05, 3.63) is 77.9 Å². The third-order valence-electron chi connectivity index (χ3n) is 4.66. The van der Waals surface area contributed by atoms with Crippen molar-refractivity contribution in [1.29, 1.82) is 0 Å². The van der Waals surface area contributed by atoms with Gasteiger partial charge in [-0.2, -0.15) is 0 Å². The van der Waals surface area contributed by atoms with E-state index in [0.29, 0.717) is 22.5 Å². The van der Waals surface area contributed by atoms with Gasteiger partial charge >= 0.3 is 12.1 Å². The van der Waals surface area contributed by atoms with Crippen molar-refractivity contribution in [3.8, 4) is 11.1 Å². The Kier molecular flexibility index (Phi) is 7.91. The zero-order chi connectivity index (χ0) is 26.3. The molecular weight excluding hydrogens is 464 g/mol. The molecule has 0 radical (unpaired) electrons. The highest BCUT2D eigenvalue weighted by Crippen LogP contribution is 2.27. The minimum Gasteiger partial charge on any atom is -0.476 e. The van der Waals surface area contributed by atoms with E-state index in [2.05, 4.69) is 25.1 Å². The zero-order valence-corrected chi connectivity index (χ0v) is 19.9. The number of amides is 2. The third-order valence-corrected chi connectivity index (χ3v) is 4.66. The number of nitrogens with zero attached hydrogens (tertiary/aromatic N) is 5. The minimum absolute atomic E-state index is 0.0294. The zero-order valence-electron chi connectivity index (χ0n) is 19.9. The molecule has 3 aromatic rings. The normalized spacial score (nSPS) is 10.7. The number of pyridine rings is 1. The van der Waals surface area contributed by atoms with Crippen molar-refractivity contribution >= 4 is 29.3 Å². The van der Waals surface area contributed by atoms with Gasteiger partial charge in [0.05, 0.1) is 24.5 Å². The van der Waals surface area contributed by atoms with Crippen molar-refractivity contribution in [1.82, 2.24) is 19.9 Å². The van der Waals surface area contributed by atoms with E-state index in [4.69, 9.17) is 11.3 Å². The summed E-state index contributed by atoms with van der Waals surface area (Å²) in [5.41, 5.74) is 0.800. The van der Waals surface area contributed by atoms with Crippen molar-refractivity contribution in [2.75, 3.05) is 11.9 Å². The molecule has 0 saturated carbocycles. The number of anilines is 1. The standard InChI is InChI=1S/C25H24N6O5/c1-25(2,3)36-24(35)31(13-19-8-9-27-15-29-19)14-21(32)30-20-11-17(12-28-22(20)23(33)34)16-6-5-7-18(10-16)26-4/h5-12,15H,13-14H2,1-3H3,(H,30,32)(H,33,34). The molecule has 0 fully saturated rings. The first-order valence-electron chi connectivity index (χ1n) is 10.8. The average molecular weight is 489 g/mol. The molecule has 0 aliphatic carbocycles. The number of ether oxygens (including phenoxy) is 1. The Morgan fingerprint density at radius 2 is 1.92 bits per heavy atom. The van der Waals surface area contributed by atoms with Crippen LogP contribution in [-0.2, 0) is 16.1 Å². The van der Waals surface area contributed by atoms with Crippen LogP contribution in [0.3, 0.4) is 0 Å². The summed E-state index contributed by atoms with van der Waals surface area (Å²) in [6.07, 6.45) is 3.44. The van der Waals surface area contributed by atoms with Crippen LogP contribution in [0.4, 0.5) is 16.2 Å². The third kappa shape index (κ3) is 7.07. The SMILES string of the molecule is [C-]#[N+]c1cccc(-c2cnc(C(=O)O)c(NC(=O)CN(Cc3ccncn3)C(=O)OC(C)(C)C)c2)c1. The molecule has 0 aliphatic rings. The fourth-order valence-electron chi connectivity index (χ4n) is 3.13. The van der Waals surface area contributed by atoms with Gasteiger partial charge in [0.15, 0.2) is 11.4 Å². The quantitative estimate of drug-likeness (QED) is 0.473. The lowest BCUT2D eigenvalue weighted by Crippen LogP contribution is -2.41. The molecule has 36 heavy (non-hydrogen) atoms. The van der Waals surface area contributed by atoms with Crippen LogP contribution in [0.5, 0.6) is 0 Å². The van der Waals surface area contributed by atoms with E-state index in [9.17, 15) is 19.5 Å². The van der Waals surface area contributed by atoms with Crippen LogP contribution in [0.2, 0.25) is 0 Å². The maximum absolute atomic E-state index is 13.0. The van der Waals surface area contributed by atoms with E-state index in [0.717, 1.165) is 4.90 Å². The number of carbonyl (C=O) groups excluding carboxylic acids is 2. The van der Waals surface area contributed by atoms with Gasteiger partial charge < -0.3 is 15.2 Å². The highest BCUT2D eigenvalue weighted by molar-refractivity contribution is 6.01. The number of carbonyl (C=O) groups is 3. The largest absolute Gasteiger partial charge is 0.476 e. The Hall–Kier alpha value is -4.85. The van der Waals surface area contributed by atoms with Gasteiger partial charge in [-0.15, -0.1) is 0 Å². The summed E-state index contributed by atoms with van der Waals surface area (Å²) in [4.78, 5) is 53.9. The number of aromatic nitrogens is 3. The molecule has 2 heterocycles. The fourth-order valence-corrected chi connectivity index (χ4v) is 3.13. The summed E-state index contributed by atoms with van der Waals surface area (Å²) in [7, 11) is 0. The molecular formula is C25H24N6O5. The lowest BCUT2D eigenvalue weighted by Gasteiger charge is -2.27. The van der Waals surface area contributed by atoms with Crippen LogP contribution in [0, 0.1) is 6.57 Å². The molecule has 2 amide bonds. The number of nitrogens with one attached hydrogen (secondary N) is 1. The molecule has 2 N–H and O–H groups in total. The number of carboxylic acids is 1. The predicted molar refractivity (Wildman–Crippen MR) is 130 cm³/mol. The number of aromatic carboxylic acids is 1. The number of benzene rings is 1. The van der Waals surface area contributed by atoms with Gasteiger partial charge in [-0.05, 0) is 44.5 Å². The maximum atomic E-state index is 13.0. The van der Waals surface area contributed by atoms with E-state index in [1.165, 1.54) is 24.8 Å². The van der Waals surface area contributed by atoms with Gasteiger partial charge in [0, 0.05) is 18.0 Å². The van der Waals surface area contributed by atoms with Crippen molar-refractivity contribution in [2.24, 2.45) is 0 Å². The van der Waals surface area contributed by atoms with Crippen LogP contribution < -0.4 is 5.32 Å². The van der Waals surface area contributed by atoms with Crippen molar-refractivity contribution in [3.63, 3.8) is 0 Å². The summed E-state index contributed by atoms with van der Waals surface area (Å²) in [5.74, 6) is -2.00. The van der Waals surface area contributed by atoms with Crippen LogP contribution >= 0.6 is 0 Å². The first-order chi connectivity index (χ1) is 17.1. The number of hydrogen-bond acceptors (Lipinski definition) is 7. The smallest absolute Gasteiger partial charge is 0.411 e. The molecule has 0 aliphatic heterocycles. The molecule has 0 saturated heterocycles. The van der Waals surface area contributed by atoms with Gasteiger partial charge in [0.2, 0.25) is 5.91 Å². The number of rotatable bonds is 7. The van der Waals surface area contributed by atoms with Crippen LogP contribution in [0.15, 0.2) is 55.1 Å². The van der Waals surface area contributed by atoms with E-state index in [1.807, 2.05) is 0 Å². The lowest BCUT2D eigenvalue weighted by molar-refractivity contribution is -0.117. The molecule has 0 spiro atoms. The van der Waals surface area contributed by atoms with Gasteiger partial charge in [0.1, 0.15) is 18.5 Å². The first-order valence-corrected chi connectivity index (χ1v) is 10.8. The summed E-state index contributed by atoms with van der Waals surface area (Å²) in [5, 5.41) is 12.1. The molecule has 2 aromatic heterocycles. The Balaban J connectivity index is 1.87. The predicted octanol–water partition coefficient (Wildman–Crippen LogP) is 4.16. The van der Waals surface area contributed by atoms with Crippen LogP contribution in [0.25, 0.3) is 16.0 Å². The molecule has 11 heteroatoms. The van der Waals surface area contributed by atoms with Gasteiger partial charge in [-0.25, -0.2) is 29.4 Å². The number of carboxylic acid groups (broad SMARTS) is 1. The maximum Gasteiger partial charge on any atom is 0.411 e. The average Bonchev–Trinajstić information content (AvgIpc) is 2.83. The second-order valence-corrected chi connectivity index (χ2v) is 8.67. The Bertz CT molecular complexity index is 1310. The summed E-state index contributed by atoms with van der Waals surface area (Å²) in [6.45, 7) is 11.8. The Labute approximate surface area is 207 Å². The van der Waals surface area contributed by atoms with Gasteiger partial charge in [0.25, 0.3) is 0 Å². The van der Waals surface area contributed by atoms with Gasteiger partial charge in [-0.1, -0.05) is 18.2 Å². The number of hydrogen-bond donors (Lipinski definition) is 2. The molecule has 0 bridgehead atoms. The van der Waals surface area contributed by atoms with E-state index in [-0.39, 0.29) is 17.9 Å². The Morgan fingerprint density at radius 1 is 1.14 bits per heavy atom. The molecule has 184 valence electrons. The molecule has 0 atom stereocenters.